The van der Waals surface area contributed by atoms with Crippen molar-refractivity contribution in [2.45, 2.75) is 6.54 Å². The van der Waals surface area contributed by atoms with Crippen molar-refractivity contribution in [3.8, 4) is 0 Å². The minimum atomic E-state index is 0.0666. The van der Waals surface area contributed by atoms with Crippen LogP contribution in [0.5, 0.6) is 0 Å². The third-order valence-corrected chi connectivity index (χ3v) is 5.34. The van der Waals surface area contributed by atoms with Gasteiger partial charge < -0.3 is 9.80 Å². The Morgan fingerprint density at radius 3 is 2.30 bits per heavy atom. The molecule has 1 saturated heterocycles. The zero-order valence-corrected chi connectivity index (χ0v) is 16.4. The Balaban J connectivity index is 1.33. The fraction of sp³-hybridized carbons (Fsp3) is 0.227. The number of benzene rings is 2. The number of rotatable bonds is 4. The van der Waals surface area contributed by atoms with Crippen molar-refractivity contribution >= 4 is 22.9 Å². The second-order valence-electron chi connectivity index (χ2n) is 7.25. The molecule has 0 atom stereocenters. The van der Waals surface area contributed by atoms with Crippen LogP contribution in [0.15, 0.2) is 67.0 Å². The molecule has 30 heavy (non-hydrogen) atoms. The van der Waals surface area contributed by atoms with Gasteiger partial charge in [-0.05, 0) is 17.7 Å². The van der Waals surface area contributed by atoms with Crippen LogP contribution in [0.4, 0.5) is 5.82 Å². The minimum Gasteiger partial charge on any atom is -0.351 e. The lowest BCUT2D eigenvalue weighted by Crippen LogP contribution is -2.49. The molecular formula is C22H21N7O. The first kappa shape index (κ1) is 18.2. The highest BCUT2D eigenvalue weighted by molar-refractivity contribution is 5.94. The van der Waals surface area contributed by atoms with Crippen LogP contribution in [0, 0.1) is 0 Å². The Kier molecular flexibility index (Phi) is 4.80. The van der Waals surface area contributed by atoms with E-state index in [0.717, 1.165) is 16.9 Å². The van der Waals surface area contributed by atoms with Gasteiger partial charge in [0, 0.05) is 31.7 Å². The number of carbonyl (C=O) groups is 1. The normalized spacial score (nSPS) is 14.3. The predicted octanol–water partition coefficient (Wildman–Crippen LogP) is 2.23. The first-order valence-corrected chi connectivity index (χ1v) is 9.97. The van der Waals surface area contributed by atoms with E-state index < -0.39 is 0 Å². The highest BCUT2D eigenvalue weighted by atomic mass is 16.2. The summed E-state index contributed by atoms with van der Waals surface area (Å²) in [5.74, 6) is 0.836. The summed E-state index contributed by atoms with van der Waals surface area (Å²) in [4.78, 5) is 25.6. The Hall–Kier alpha value is -3.81. The molecule has 2 aromatic heterocycles. The lowest BCUT2D eigenvalue weighted by Gasteiger charge is -2.35. The van der Waals surface area contributed by atoms with E-state index in [1.807, 2.05) is 53.4 Å². The van der Waals surface area contributed by atoms with Crippen molar-refractivity contribution in [2.75, 3.05) is 31.1 Å². The average molecular weight is 399 g/mol. The van der Waals surface area contributed by atoms with Gasteiger partial charge in [0.15, 0.2) is 17.0 Å². The van der Waals surface area contributed by atoms with Crippen molar-refractivity contribution in [3.63, 3.8) is 0 Å². The molecule has 150 valence electrons. The zero-order chi connectivity index (χ0) is 20.3. The van der Waals surface area contributed by atoms with Gasteiger partial charge in [-0.15, -0.1) is 5.10 Å². The topological polar surface area (TPSA) is 80.0 Å². The SMILES string of the molecule is O=C(c1ccccc1)N1CCN(c2ncnc3c2nnn3Cc2ccccc2)CC1. The number of piperazine rings is 1. The molecule has 1 aliphatic heterocycles. The molecule has 1 fully saturated rings. The van der Waals surface area contributed by atoms with E-state index in [0.29, 0.717) is 43.9 Å². The van der Waals surface area contributed by atoms with Crippen LogP contribution in [-0.2, 0) is 6.54 Å². The highest BCUT2D eigenvalue weighted by Gasteiger charge is 2.25. The minimum absolute atomic E-state index is 0.0666. The van der Waals surface area contributed by atoms with Crippen molar-refractivity contribution in [1.82, 2.24) is 29.9 Å². The second kappa shape index (κ2) is 7.90. The molecule has 2 aromatic carbocycles. The molecule has 8 nitrogen and oxygen atoms in total. The van der Waals surface area contributed by atoms with Gasteiger partial charge in [-0.25, -0.2) is 14.6 Å². The van der Waals surface area contributed by atoms with Gasteiger partial charge in [-0.1, -0.05) is 53.7 Å². The maximum Gasteiger partial charge on any atom is 0.253 e. The van der Waals surface area contributed by atoms with Gasteiger partial charge in [0.2, 0.25) is 0 Å². The summed E-state index contributed by atoms with van der Waals surface area (Å²) in [7, 11) is 0. The lowest BCUT2D eigenvalue weighted by molar-refractivity contribution is 0.0746. The number of hydrogen-bond donors (Lipinski definition) is 0. The summed E-state index contributed by atoms with van der Waals surface area (Å²) in [5, 5.41) is 8.66. The number of hydrogen-bond acceptors (Lipinski definition) is 6. The molecule has 0 unspecified atom stereocenters. The van der Waals surface area contributed by atoms with Crippen LogP contribution in [0.1, 0.15) is 15.9 Å². The molecule has 4 aromatic rings. The lowest BCUT2D eigenvalue weighted by atomic mass is 10.2. The van der Waals surface area contributed by atoms with Crippen LogP contribution >= 0.6 is 0 Å². The van der Waals surface area contributed by atoms with E-state index >= 15 is 0 Å². The Bertz CT molecular complexity index is 1150. The van der Waals surface area contributed by atoms with Gasteiger partial charge >= 0.3 is 0 Å². The molecule has 0 saturated carbocycles. The third kappa shape index (κ3) is 3.47. The van der Waals surface area contributed by atoms with Gasteiger partial charge in [0.1, 0.15) is 6.33 Å². The number of carbonyl (C=O) groups excluding carboxylic acids is 1. The summed E-state index contributed by atoms with van der Waals surface area (Å²) >= 11 is 0. The van der Waals surface area contributed by atoms with Crippen LogP contribution < -0.4 is 4.90 Å². The first-order valence-electron chi connectivity index (χ1n) is 9.97. The smallest absolute Gasteiger partial charge is 0.253 e. The summed E-state index contributed by atoms with van der Waals surface area (Å²) < 4.78 is 1.80. The number of amides is 1. The van der Waals surface area contributed by atoms with Crippen molar-refractivity contribution < 1.29 is 4.79 Å². The van der Waals surface area contributed by atoms with Gasteiger partial charge in [0.05, 0.1) is 6.54 Å². The molecule has 0 radical (unpaired) electrons. The number of fused-ring (bicyclic) bond motifs is 1. The van der Waals surface area contributed by atoms with Crippen LogP contribution in [0.25, 0.3) is 11.2 Å². The zero-order valence-electron chi connectivity index (χ0n) is 16.4. The van der Waals surface area contributed by atoms with E-state index in [1.165, 1.54) is 0 Å². The fourth-order valence-electron chi connectivity index (χ4n) is 3.76. The third-order valence-electron chi connectivity index (χ3n) is 5.34. The largest absolute Gasteiger partial charge is 0.351 e. The fourth-order valence-corrected chi connectivity index (χ4v) is 3.76. The number of anilines is 1. The Morgan fingerprint density at radius 2 is 1.57 bits per heavy atom. The number of nitrogens with zero attached hydrogens (tertiary/aromatic N) is 7. The summed E-state index contributed by atoms with van der Waals surface area (Å²) in [6.07, 6.45) is 1.56. The van der Waals surface area contributed by atoms with E-state index in [-0.39, 0.29) is 5.91 Å². The average Bonchev–Trinajstić information content (AvgIpc) is 3.23. The van der Waals surface area contributed by atoms with Crippen molar-refractivity contribution in [1.29, 1.82) is 0 Å². The Morgan fingerprint density at radius 1 is 0.867 bits per heavy atom. The molecule has 3 heterocycles. The van der Waals surface area contributed by atoms with E-state index in [1.54, 1.807) is 11.0 Å². The van der Waals surface area contributed by atoms with E-state index in [2.05, 4.69) is 37.3 Å². The van der Waals surface area contributed by atoms with Gasteiger partial charge in [-0.2, -0.15) is 0 Å². The monoisotopic (exact) mass is 399 g/mol. The van der Waals surface area contributed by atoms with Gasteiger partial charge in [0.25, 0.3) is 5.91 Å². The van der Waals surface area contributed by atoms with Crippen LogP contribution in [-0.4, -0.2) is 61.9 Å². The van der Waals surface area contributed by atoms with Gasteiger partial charge in [-0.3, -0.25) is 4.79 Å². The highest BCUT2D eigenvalue weighted by Crippen LogP contribution is 2.22. The maximum absolute atomic E-state index is 12.7. The molecule has 8 heteroatoms. The predicted molar refractivity (Wildman–Crippen MR) is 113 cm³/mol. The maximum atomic E-state index is 12.7. The van der Waals surface area contributed by atoms with Crippen LogP contribution in [0.2, 0.25) is 0 Å². The number of aromatic nitrogens is 5. The quantitative estimate of drug-likeness (QED) is 0.524. The molecular weight excluding hydrogens is 378 g/mol. The summed E-state index contributed by atoms with van der Waals surface area (Å²) in [6, 6.07) is 19.5. The Labute approximate surface area is 173 Å². The van der Waals surface area contributed by atoms with E-state index in [9.17, 15) is 4.79 Å². The van der Waals surface area contributed by atoms with Crippen LogP contribution in [0.3, 0.4) is 0 Å². The summed E-state index contributed by atoms with van der Waals surface area (Å²) in [5.41, 5.74) is 3.26. The molecule has 0 N–H and O–H groups in total. The molecule has 0 aliphatic carbocycles. The molecule has 0 spiro atoms. The van der Waals surface area contributed by atoms with E-state index in [4.69, 9.17) is 0 Å². The first-order chi connectivity index (χ1) is 14.8. The summed E-state index contributed by atoms with van der Waals surface area (Å²) in [6.45, 7) is 3.26. The van der Waals surface area contributed by atoms with Crippen molar-refractivity contribution in [3.05, 3.63) is 78.1 Å². The molecule has 1 aliphatic rings. The standard InChI is InChI=1S/C22H21N7O/c30-22(18-9-5-2-6-10-18)28-13-11-27(12-14-28)20-19-21(24-16-23-20)29(26-25-19)15-17-7-3-1-4-8-17/h1-10,16H,11-15H2. The second-order valence-corrected chi connectivity index (χ2v) is 7.25. The molecule has 5 rings (SSSR count). The molecule has 1 amide bonds. The molecule has 0 bridgehead atoms. The van der Waals surface area contributed by atoms with Crippen molar-refractivity contribution in [2.24, 2.45) is 0 Å².